The smallest absolute Gasteiger partial charge is 0.147 e. The number of aryl methyl sites for hydroxylation is 1. The summed E-state index contributed by atoms with van der Waals surface area (Å²) in [4.78, 5) is 0. The van der Waals surface area contributed by atoms with Crippen LogP contribution in [0.1, 0.15) is 42.0 Å². The Balaban J connectivity index is 1.78. The lowest BCUT2D eigenvalue weighted by Gasteiger charge is -2.37. The quantitative estimate of drug-likeness (QED) is 0.640. The summed E-state index contributed by atoms with van der Waals surface area (Å²) in [6.45, 7) is 2.16. The van der Waals surface area contributed by atoms with Gasteiger partial charge in [0, 0.05) is 10.4 Å². The molecule has 23 heavy (non-hydrogen) atoms. The van der Waals surface area contributed by atoms with E-state index in [1.54, 1.807) is 6.07 Å². The zero-order valence-corrected chi connectivity index (χ0v) is 14.6. The van der Waals surface area contributed by atoms with Crippen molar-refractivity contribution >= 4 is 21.6 Å². The maximum absolute atomic E-state index is 14.5. The first kappa shape index (κ1) is 14.9. The van der Waals surface area contributed by atoms with Gasteiger partial charge < -0.3 is 5.32 Å². The van der Waals surface area contributed by atoms with Crippen molar-refractivity contribution < 1.29 is 4.39 Å². The lowest BCUT2D eigenvalue weighted by Crippen LogP contribution is -2.29. The lowest BCUT2D eigenvalue weighted by atomic mass is 9.77. The molecule has 2 aromatic carbocycles. The number of hydrogen-bond donors (Lipinski definition) is 1. The molecular weight excluding hydrogens is 353 g/mol. The largest absolute Gasteiger partial charge is 0.375 e. The van der Waals surface area contributed by atoms with Gasteiger partial charge in [0.25, 0.3) is 0 Å². The number of benzene rings is 2. The second-order valence-corrected chi connectivity index (χ2v) is 7.34. The molecule has 1 nitrogen and oxygen atoms in total. The monoisotopic (exact) mass is 371 g/mol. The Kier molecular flexibility index (Phi) is 3.76. The van der Waals surface area contributed by atoms with E-state index >= 15 is 0 Å². The van der Waals surface area contributed by atoms with Crippen molar-refractivity contribution in [2.24, 2.45) is 5.92 Å². The van der Waals surface area contributed by atoms with E-state index in [0.717, 1.165) is 22.9 Å². The number of allylic oxidation sites excluding steroid dienone is 2. The van der Waals surface area contributed by atoms with Crippen molar-refractivity contribution in [2.75, 3.05) is 5.32 Å². The number of fused-ring (bicyclic) bond motifs is 3. The molecule has 118 valence electrons. The van der Waals surface area contributed by atoms with Gasteiger partial charge in [0.15, 0.2) is 0 Å². The van der Waals surface area contributed by atoms with Crippen molar-refractivity contribution in [1.82, 2.24) is 0 Å². The SMILES string of the molecule is CCc1ccc([C@@H]2Nc3c(F)cc(Br)cc3[C@@H]3C=CC[C@H]32)cc1. The van der Waals surface area contributed by atoms with Crippen LogP contribution in [0.2, 0.25) is 0 Å². The molecule has 0 spiro atoms. The van der Waals surface area contributed by atoms with Crippen molar-refractivity contribution in [3.63, 3.8) is 0 Å². The summed E-state index contributed by atoms with van der Waals surface area (Å²) in [6, 6.07) is 12.5. The highest BCUT2D eigenvalue weighted by Gasteiger charge is 2.39. The van der Waals surface area contributed by atoms with Crippen LogP contribution in [0, 0.1) is 11.7 Å². The molecular formula is C20H19BrFN. The number of nitrogens with one attached hydrogen (secondary N) is 1. The highest BCUT2D eigenvalue weighted by Crippen LogP contribution is 2.51. The van der Waals surface area contributed by atoms with E-state index in [4.69, 9.17) is 0 Å². The Morgan fingerprint density at radius 1 is 1.22 bits per heavy atom. The first-order valence-corrected chi connectivity index (χ1v) is 8.97. The molecule has 1 N–H and O–H groups in total. The van der Waals surface area contributed by atoms with Gasteiger partial charge in [-0.3, -0.25) is 0 Å². The van der Waals surface area contributed by atoms with E-state index < -0.39 is 0 Å². The third kappa shape index (κ3) is 2.51. The van der Waals surface area contributed by atoms with E-state index in [-0.39, 0.29) is 17.8 Å². The molecule has 0 aromatic heterocycles. The van der Waals surface area contributed by atoms with Gasteiger partial charge in [0.1, 0.15) is 5.82 Å². The van der Waals surface area contributed by atoms with Crippen LogP contribution >= 0.6 is 15.9 Å². The molecule has 4 rings (SSSR count). The fourth-order valence-electron chi connectivity index (χ4n) is 3.91. The average molecular weight is 372 g/mol. The molecule has 2 aliphatic rings. The Labute approximate surface area is 144 Å². The molecule has 0 saturated heterocycles. The fraction of sp³-hybridized carbons (Fsp3) is 0.300. The van der Waals surface area contributed by atoms with Crippen LogP contribution in [-0.2, 0) is 6.42 Å². The van der Waals surface area contributed by atoms with Crippen LogP contribution in [-0.4, -0.2) is 0 Å². The van der Waals surface area contributed by atoms with Crippen LogP contribution in [0.15, 0.2) is 53.0 Å². The van der Waals surface area contributed by atoms with Crippen LogP contribution in [0.25, 0.3) is 0 Å². The van der Waals surface area contributed by atoms with E-state index in [1.165, 1.54) is 11.1 Å². The summed E-state index contributed by atoms with van der Waals surface area (Å²) in [5, 5.41) is 3.48. The molecule has 0 fully saturated rings. The number of anilines is 1. The van der Waals surface area contributed by atoms with Crippen molar-refractivity contribution in [1.29, 1.82) is 0 Å². The average Bonchev–Trinajstić information content (AvgIpc) is 3.04. The van der Waals surface area contributed by atoms with E-state index in [9.17, 15) is 4.39 Å². The lowest BCUT2D eigenvalue weighted by molar-refractivity contribution is 0.420. The van der Waals surface area contributed by atoms with Gasteiger partial charge in [0.05, 0.1) is 11.7 Å². The molecule has 1 heterocycles. The van der Waals surface area contributed by atoms with Gasteiger partial charge in [-0.15, -0.1) is 0 Å². The van der Waals surface area contributed by atoms with E-state index in [0.29, 0.717) is 11.6 Å². The van der Waals surface area contributed by atoms with Gasteiger partial charge in [-0.25, -0.2) is 4.39 Å². The molecule has 0 radical (unpaired) electrons. The van der Waals surface area contributed by atoms with Crippen molar-refractivity contribution in [3.8, 4) is 0 Å². The molecule has 0 unspecified atom stereocenters. The number of rotatable bonds is 2. The molecule has 0 bridgehead atoms. The molecule has 2 aromatic rings. The minimum Gasteiger partial charge on any atom is -0.375 e. The molecule has 1 aliphatic heterocycles. The van der Waals surface area contributed by atoms with Gasteiger partial charge >= 0.3 is 0 Å². The van der Waals surface area contributed by atoms with Crippen LogP contribution in [0.5, 0.6) is 0 Å². The van der Waals surface area contributed by atoms with Gasteiger partial charge in [-0.2, -0.15) is 0 Å². The van der Waals surface area contributed by atoms with Gasteiger partial charge in [-0.1, -0.05) is 59.3 Å². The zero-order chi connectivity index (χ0) is 16.0. The Hall–Kier alpha value is -1.61. The molecule has 0 saturated carbocycles. The highest BCUT2D eigenvalue weighted by molar-refractivity contribution is 9.10. The summed E-state index contributed by atoms with van der Waals surface area (Å²) >= 11 is 3.42. The highest BCUT2D eigenvalue weighted by atomic mass is 79.9. The van der Waals surface area contributed by atoms with Crippen LogP contribution in [0.3, 0.4) is 0 Å². The maximum Gasteiger partial charge on any atom is 0.147 e. The summed E-state index contributed by atoms with van der Waals surface area (Å²) < 4.78 is 15.3. The predicted octanol–water partition coefficient (Wildman–Crippen LogP) is 5.98. The minimum atomic E-state index is -0.177. The first-order chi connectivity index (χ1) is 11.2. The van der Waals surface area contributed by atoms with Gasteiger partial charge in [0.2, 0.25) is 0 Å². The topological polar surface area (TPSA) is 12.0 Å². The Morgan fingerprint density at radius 3 is 2.74 bits per heavy atom. The Bertz CT molecular complexity index is 766. The summed E-state index contributed by atoms with van der Waals surface area (Å²) in [5.74, 6) is 0.557. The summed E-state index contributed by atoms with van der Waals surface area (Å²) in [6.07, 6.45) is 6.55. The first-order valence-electron chi connectivity index (χ1n) is 8.18. The minimum absolute atomic E-state index is 0.157. The standard InChI is InChI=1S/C20H19BrFN/c1-2-12-6-8-13(9-7-12)19-16-5-3-4-15(16)17-10-14(21)11-18(22)20(17)23-19/h3-4,6-11,15-16,19,23H,2,5H2,1H3/t15-,16-,19+/m1/s1. The zero-order valence-electron chi connectivity index (χ0n) is 13.0. The second kappa shape index (κ2) is 5.79. The fourth-order valence-corrected chi connectivity index (χ4v) is 4.36. The van der Waals surface area contributed by atoms with Crippen LogP contribution in [0.4, 0.5) is 10.1 Å². The third-order valence-corrected chi connectivity index (χ3v) is 5.59. The van der Waals surface area contributed by atoms with E-state index in [1.807, 2.05) is 0 Å². The second-order valence-electron chi connectivity index (χ2n) is 6.42. The third-order valence-electron chi connectivity index (χ3n) is 5.13. The normalized spacial score (nSPS) is 24.9. The number of halogens is 2. The maximum atomic E-state index is 14.5. The van der Waals surface area contributed by atoms with Gasteiger partial charge in [-0.05, 0) is 47.6 Å². The Morgan fingerprint density at radius 2 is 2.00 bits per heavy atom. The molecule has 3 atom stereocenters. The van der Waals surface area contributed by atoms with E-state index in [2.05, 4.69) is 70.7 Å². The molecule has 3 heteroatoms. The van der Waals surface area contributed by atoms with Crippen LogP contribution < -0.4 is 5.32 Å². The summed E-state index contributed by atoms with van der Waals surface area (Å²) in [5.41, 5.74) is 4.30. The predicted molar refractivity (Wildman–Crippen MR) is 96.3 cm³/mol. The molecule has 0 amide bonds. The number of hydrogen-bond acceptors (Lipinski definition) is 1. The van der Waals surface area contributed by atoms with Crippen molar-refractivity contribution in [3.05, 3.63) is 75.5 Å². The summed E-state index contributed by atoms with van der Waals surface area (Å²) in [7, 11) is 0. The van der Waals surface area contributed by atoms with Crippen molar-refractivity contribution in [2.45, 2.75) is 31.7 Å². The molecule has 1 aliphatic carbocycles.